The lowest BCUT2D eigenvalue weighted by atomic mass is 9.87. The van der Waals surface area contributed by atoms with E-state index in [-0.39, 0.29) is 21.8 Å². The van der Waals surface area contributed by atoms with Gasteiger partial charge >= 0.3 is 0 Å². The van der Waals surface area contributed by atoms with Crippen LogP contribution >= 0.6 is 0 Å². The van der Waals surface area contributed by atoms with E-state index in [1.54, 1.807) is 9.79 Å². The molecule has 0 radical (unpaired) electrons. The number of rotatable bonds is 18. The molecule has 6 fully saturated rings. The highest BCUT2D eigenvalue weighted by atomic mass is 32.2. The minimum Gasteiger partial charge on any atom is -0.493 e. The van der Waals surface area contributed by atoms with Gasteiger partial charge in [0.1, 0.15) is 51.2 Å². The molecule has 2 bridgehead atoms. The first-order valence-electron chi connectivity index (χ1n) is 42.8. The normalized spacial score (nSPS) is 18.0. The molecule has 2 saturated heterocycles. The summed E-state index contributed by atoms with van der Waals surface area (Å²) < 4.78 is 18.8. The maximum absolute atomic E-state index is 6.49. The molecule has 3 nitrogen and oxygen atoms in total. The van der Waals surface area contributed by atoms with Gasteiger partial charge in [-0.15, -0.1) is 0 Å². The fourth-order valence-electron chi connectivity index (χ4n) is 19.3. The SMILES string of the molecule is c1cc([S+]2CCCC2)ccc1OCC1CCCCC1.c1ccc2c([S+](c3cccc4ccccc34)c3cccc4ccccc34)cccc2c1.c1ccc2c([S+]3CCCC3)ccc(OCC3CC4CCC3C4)c2c1.c1ccc2cc([S+](c3ccc4ccccc4c3)c3ccc(OCCC4CCCCC4)c4ccccc34)ccc2c1. The van der Waals surface area contributed by atoms with Gasteiger partial charge in [0.15, 0.2) is 39.2 Å². The van der Waals surface area contributed by atoms with Crippen LogP contribution in [0.5, 0.6) is 17.2 Å². The van der Waals surface area contributed by atoms with E-state index < -0.39 is 0 Å². The van der Waals surface area contributed by atoms with Crippen molar-refractivity contribution in [3.63, 3.8) is 0 Å². The van der Waals surface area contributed by atoms with Gasteiger partial charge in [-0.2, -0.15) is 0 Å². The summed E-state index contributed by atoms with van der Waals surface area (Å²) in [4.78, 5) is 11.3. The number of hydrogen-bond donors (Lipinski definition) is 0. The predicted octanol–water partition coefficient (Wildman–Crippen LogP) is 28.7. The molecule has 2 aliphatic heterocycles. The largest absolute Gasteiger partial charge is 0.493 e. The molecule has 574 valence electrons. The van der Waals surface area contributed by atoms with Gasteiger partial charge in [0, 0.05) is 71.6 Å². The third-order valence-corrected chi connectivity index (χ3v) is 35.0. The maximum atomic E-state index is 6.49. The molecule has 4 aliphatic carbocycles. The molecule has 15 aromatic carbocycles. The molecular weight excluding hydrogens is 1460 g/mol. The fraction of sp³-hybridized carbons (Fsp3) is 0.290. The molecule has 0 amide bonds. The molecule has 6 aliphatic rings. The van der Waals surface area contributed by atoms with E-state index in [1.165, 1.54) is 243 Å². The molecule has 7 heteroatoms. The standard InChI is InChI=1S/C38H35OS.C30H21S.C22H27OS.C17H25OS/c1-2-10-28(11-3-1)24-25-39-37-22-23-38(36-17-9-8-16-35(36)37)40(33-20-18-29-12-4-6-14-31(29)26-33)34-21-19-30-13-5-7-15-32(30)27-34;1-4-16-25-22(10-1)13-7-19-28(25)31(29-20-8-14-23-11-2-5-17-26(23)29)30-21-9-15-24-12-3-6-18-27(24)30;1-2-6-20-19(5-1)21(9-10-22(20)24-11-3-4-12-24)23-15-18-14-16-7-8-17(18)13-16;1-2-6-15(7-3-1)14-18-16-8-10-17(11-9-16)19-12-4-5-13-19/h4-9,12-23,26-28H,1-3,10-11,24-25H2;1-21H;1-2,5-6,9-10,16-18H,3-4,7-8,11-15H2;8-11,15H,1-7,12-14H2/q4*+1. The third kappa shape index (κ3) is 17.5. The second kappa shape index (κ2) is 36.8. The van der Waals surface area contributed by atoms with Gasteiger partial charge in [0.25, 0.3) is 0 Å². The Hall–Kier alpha value is -9.08. The van der Waals surface area contributed by atoms with Crippen LogP contribution in [0.2, 0.25) is 0 Å². The van der Waals surface area contributed by atoms with Crippen LogP contribution in [0.1, 0.15) is 122 Å². The quantitative estimate of drug-likeness (QED) is 0.0802. The average Bonchev–Trinajstić information content (AvgIpc) is 0.821. The average molecular weight is 1570 g/mol. The van der Waals surface area contributed by atoms with Crippen LogP contribution in [-0.4, -0.2) is 42.8 Å². The van der Waals surface area contributed by atoms with Crippen molar-refractivity contribution in [1.82, 2.24) is 0 Å². The van der Waals surface area contributed by atoms with Gasteiger partial charge in [-0.25, -0.2) is 0 Å². The zero-order valence-corrected chi connectivity index (χ0v) is 69.3. The smallest absolute Gasteiger partial charge is 0.174 e. The highest BCUT2D eigenvalue weighted by molar-refractivity contribution is 7.98. The minimum atomic E-state index is -0.275. The topological polar surface area (TPSA) is 27.7 Å². The van der Waals surface area contributed by atoms with Crippen molar-refractivity contribution in [3.05, 3.63) is 309 Å². The lowest BCUT2D eigenvalue weighted by molar-refractivity contribution is 0.197. The zero-order valence-electron chi connectivity index (χ0n) is 66.1. The van der Waals surface area contributed by atoms with Crippen LogP contribution in [0.25, 0.3) is 75.4 Å². The van der Waals surface area contributed by atoms with E-state index in [0.29, 0.717) is 21.8 Å². The van der Waals surface area contributed by atoms with E-state index in [9.17, 15) is 0 Å². The van der Waals surface area contributed by atoms with E-state index in [1.807, 2.05) is 0 Å². The molecule has 0 N–H and O–H groups in total. The third-order valence-electron chi connectivity index (χ3n) is 25.3. The minimum absolute atomic E-state index is 0.238. The van der Waals surface area contributed by atoms with E-state index in [4.69, 9.17) is 14.2 Å². The molecule has 3 atom stereocenters. The van der Waals surface area contributed by atoms with Gasteiger partial charge in [-0.1, -0.05) is 234 Å². The molecule has 4 saturated carbocycles. The summed E-state index contributed by atoms with van der Waals surface area (Å²) in [7, 11) is 0.488. The Morgan fingerprint density at radius 1 is 0.289 bits per heavy atom. The summed E-state index contributed by atoms with van der Waals surface area (Å²) in [5, 5.41) is 18.2. The summed E-state index contributed by atoms with van der Waals surface area (Å²) in [6, 6.07) is 114. The maximum Gasteiger partial charge on any atom is 0.174 e. The van der Waals surface area contributed by atoms with Crippen LogP contribution in [0, 0.1) is 29.6 Å². The first-order valence-corrected chi connectivity index (χ1v) is 48.4. The molecular formula is C107H108O3S4+4. The van der Waals surface area contributed by atoms with Crippen molar-refractivity contribution in [2.75, 3.05) is 42.8 Å². The van der Waals surface area contributed by atoms with Gasteiger partial charge in [0.05, 0.1) is 30.7 Å². The van der Waals surface area contributed by atoms with Crippen molar-refractivity contribution < 1.29 is 14.2 Å². The summed E-state index contributed by atoms with van der Waals surface area (Å²) >= 11 is 0. The Balaban J connectivity index is 0.000000109. The van der Waals surface area contributed by atoms with Gasteiger partial charge in [-0.05, 0) is 253 Å². The van der Waals surface area contributed by atoms with E-state index in [0.717, 1.165) is 73.1 Å². The van der Waals surface area contributed by atoms with E-state index >= 15 is 0 Å². The van der Waals surface area contributed by atoms with Crippen LogP contribution in [0.4, 0.5) is 0 Å². The Labute approximate surface area is 688 Å². The van der Waals surface area contributed by atoms with Crippen LogP contribution in [-0.2, 0) is 43.6 Å². The summed E-state index contributed by atoms with van der Waals surface area (Å²) in [6.07, 6.45) is 26.4. The molecule has 2 heterocycles. The fourth-order valence-corrected chi connectivity index (χ4v) is 28.9. The van der Waals surface area contributed by atoms with Crippen molar-refractivity contribution in [2.45, 2.75) is 161 Å². The first-order chi connectivity index (χ1) is 56.5. The van der Waals surface area contributed by atoms with Gasteiger partial charge in [-0.3, -0.25) is 0 Å². The van der Waals surface area contributed by atoms with Crippen molar-refractivity contribution in [1.29, 1.82) is 0 Å². The summed E-state index contributed by atoms with van der Waals surface area (Å²) in [5.74, 6) is 13.1. The number of hydrogen-bond acceptors (Lipinski definition) is 3. The van der Waals surface area contributed by atoms with Crippen LogP contribution in [0.3, 0.4) is 0 Å². The Kier molecular flexibility index (Phi) is 24.6. The van der Waals surface area contributed by atoms with Gasteiger partial charge < -0.3 is 14.2 Å². The highest BCUT2D eigenvalue weighted by Crippen LogP contribution is 2.50. The Morgan fingerprint density at radius 3 is 1.27 bits per heavy atom. The Morgan fingerprint density at radius 2 is 0.737 bits per heavy atom. The van der Waals surface area contributed by atoms with Crippen molar-refractivity contribution in [3.8, 4) is 17.2 Å². The van der Waals surface area contributed by atoms with Crippen molar-refractivity contribution >= 4 is 119 Å². The van der Waals surface area contributed by atoms with E-state index in [2.05, 4.69) is 309 Å². The number of ether oxygens (including phenoxy) is 3. The second-order valence-corrected chi connectivity index (χ2v) is 41.1. The highest BCUT2D eigenvalue weighted by Gasteiger charge is 2.41. The molecule has 3 unspecified atom stereocenters. The monoisotopic (exact) mass is 1570 g/mol. The molecule has 0 spiro atoms. The second-order valence-electron chi connectivity index (χ2n) is 32.7. The predicted molar refractivity (Wildman–Crippen MR) is 491 cm³/mol. The van der Waals surface area contributed by atoms with Crippen molar-refractivity contribution in [2.24, 2.45) is 29.6 Å². The number of fused-ring (bicyclic) bond motifs is 9. The molecule has 114 heavy (non-hydrogen) atoms. The lowest BCUT2D eigenvalue weighted by Gasteiger charge is -2.22. The summed E-state index contributed by atoms with van der Waals surface area (Å²) in [5.41, 5.74) is 0. The molecule has 21 rings (SSSR count). The first kappa shape index (κ1) is 76.2. The Bertz CT molecular complexity index is 5470. The van der Waals surface area contributed by atoms with Crippen LogP contribution < -0.4 is 14.2 Å². The zero-order chi connectivity index (χ0) is 76.2. The lowest BCUT2D eigenvalue weighted by Crippen LogP contribution is -2.18. The molecule has 15 aromatic rings. The van der Waals surface area contributed by atoms with Crippen LogP contribution in [0.15, 0.2) is 349 Å². The molecule has 0 aromatic heterocycles. The number of benzene rings is 15. The van der Waals surface area contributed by atoms with Gasteiger partial charge in [0.2, 0.25) is 0 Å². The summed E-state index contributed by atoms with van der Waals surface area (Å²) in [6.45, 7) is 2.65.